The summed E-state index contributed by atoms with van der Waals surface area (Å²) in [6.07, 6.45) is 2.33. The molecule has 15 heavy (non-hydrogen) atoms. The van der Waals surface area contributed by atoms with Crippen molar-refractivity contribution in [1.29, 1.82) is 5.26 Å². The molecule has 1 N–H and O–H groups in total. The van der Waals surface area contributed by atoms with E-state index in [4.69, 9.17) is 5.26 Å². The third-order valence-corrected chi connectivity index (χ3v) is 2.62. The van der Waals surface area contributed by atoms with Crippen LogP contribution in [0.3, 0.4) is 0 Å². The monoisotopic (exact) mass is 220 g/mol. The quantitative estimate of drug-likeness (QED) is 0.624. The molecule has 3 nitrogen and oxygen atoms in total. The molecule has 0 radical (unpaired) electrons. The van der Waals surface area contributed by atoms with Gasteiger partial charge in [-0.2, -0.15) is 5.26 Å². The number of nitrogens with one attached hydrogen (secondary N) is 1. The SMILES string of the molecule is CSc1ccc(C(=O)NCCC#N)cc1. The molecule has 0 fully saturated rings. The maximum atomic E-state index is 11.5. The summed E-state index contributed by atoms with van der Waals surface area (Å²) in [5.41, 5.74) is 0.630. The van der Waals surface area contributed by atoms with E-state index in [0.29, 0.717) is 18.5 Å². The van der Waals surface area contributed by atoms with Gasteiger partial charge in [0.2, 0.25) is 0 Å². The summed E-state index contributed by atoms with van der Waals surface area (Å²) in [6.45, 7) is 0.402. The topological polar surface area (TPSA) is 52.9 Å². The first-order chi connectivity index (χ1) is 7.27. The summed E-state index contributed by atoms with van der Waals surface area (Å²) < 4.78 is 0. The van der Waals surface area contributed by atoms with Crippen LogP contribution in [0.4, 0.5) is 0 Å². The van der Waals surface area contributed by atoms with Gasteiger partial charge in [0, 0.05) is 17.0 Å². The minimum absolute atomic E-state index is 0.127. The summed E-state index contributed by atoms with van der Waals surface area (Å²) >= 11 is 1.64. The third kappa shape index (κ3) is 3.64. The molecule has 0 atom stereocenters. The van der Waals surface area contributed by atoms with Crippen LogP contribution in [-0.4, -0.2) is 18.7 Å². The number of rotatable bonds is 4. The maximum absolute atomic E-state index is 11.5. The summed E-state index contributed by atoms with van der Waals surface area (Å²) in [4.78, 5) is 12.6. The van der Waals surface area contributed by atoms with Crippen LogP contribution in [0, 0.1) is 11.3 Å². The normalized spacial score (nSPS) is 9.33. The van der Waals surface area contributed by atoms with Gasteiger partial charge < -0.3 is 5.32 Å². The van der Waals surface area contributed by atoms with Crippen molar-refractivity contribution in [2.45, 2.75) is 11.3 Å². The second-order valence-corrected chi connectivity index (χ2v) is 3.77. The van der Waals surface area contributed by atoms with Crippen LogP contribution in [-0.2, 0) is 0 Å². The number of amides is 1. The van der Waals surface area contributed by atoms with Gasteiger partial charge in [-0.1, -0.05) is 0 Å². The van der Waals surface area contributed by atoms with E-state index in [2.05, 4.69) is 5.32 Å². The number of carbonyl (C=O) groups is 1. The van der Waals surface area contributed by atoms with Crippen LogP contribution in [0.2, 0.25) is 0 Å². The minimum Gasteiger partial charge on any atom is -0.351 e. The molecule has 78 valence electrons. The number of nitrogens with zero attached hydrogens (tertiary/aromatic N) is 1. The van der Waals surface area contributed by atoms with E-state index in [9.17, 15) is 4.79 Å². The maximum Gasteiger partial charge on any atom is 0.251 e. The van der Waals surface area contributed by atoms with Gasteiger partial charge in [0.15, 0.2) is 0 Å². The predicted octanol–water partition coefficient (Wildman–Crippen LogP) is 2.05. The molecular formula is C11H12N2OS. The van der Waals surface area contributed by atoms with Crippen LogP contribution >= 0.6 is 11.8 Å². The molecule has 1 rings (SSSR count). The van der Waals surface area contributed by atoms with Crippen molar-refractivity contribution < 1.29 is 4.79 Å². The Bertz CT molecular complexity index is 367. The van der Waals surface area contributed by atoms with E-state index < -0.39 is 0 Å². The van der Waals surface area contributed by atoms with Crippen molar-refractivity contribution >= 4 is 17.7 Å². The number of thioether (sulfide) groups is 1. The Kier molecular flexibility index (Phi) is 4.72. The Balaban J connectivity index is 2.55. The third-order valence-electron chi connectivity index (χ3n) is 1.87. The van der Waals surface area contributed by atoms with Gasteiger partial charge in [-0.25, -0.2) is 0 Å². The summed E-state index contributed by atoms with van der Waals surface area (Å²) in [5.74, 6) is -0.127. The fraction of sp³-hybridized carbons (Fsp3) is 0.273. The molecule has 0 aromatic heterocycles. The molecule has 1 aromatic rings. The lowest BCUT2D eigenvalue weighted by Crippen LogP contribution is -2.23. The standard InChI is InChI=1S/C11H12N2OS/c1-15-10-5-3-9(4-6-10)11(14)13-8-2-7-12/h3-6H,2,8H2,1H3,(H,13,14). The molecule has 0 aliphatic rings. The zero-order valence-corrected chi connectivity index (χ0v) is 9.30. The molecule has 1 aromatic carbocycles. The molecule has 0 unspecified atom stereocenters. The van der Waals surface area contributed by atoms with Crippen LogP contribution < -0.4 is 5.32 Å². The lowest BCUT2D eigenvalue weighted by Gasteiger charge is -2.03. The van der Waals surface area contributed by atoms with Gasteiger partial charge >= 0.3 is 0 Å². The Morgan fingerprint density at radius 2 is 2.13 bits per heavy atom. The largest absolute Gasteiger partial charge is 0.351 e. The zero-order valence-electron chi connectivity index (χ0n) is 8.49. The van der Waals surface area contributed by atoms with E-state index in [1.54, 1.807) is 23.9 Å². The van der Waals surface area contributed by atoms with Crippen LogP contribution in [0.5, 0.6) is 0 Å². The molecule has 0 bridgehead atoms. The Morgan fingerprint density at radius 1 is 1.47 bits per heavy atom. The van der Waals surface area contributed by atoms with E-state index in [1.807, 2.05) is 24.5 Å². The summed E-state index contributed by atoms with van der Waals surface area (Å²) in [5, 5.41) is 11.0. The Labute approximate surface area is 93.5 Å². The minimum atomic E-state index is -0.127. The zero-order chi connectivity index (χ0) is 11.1. The molecule has 0 aliphatic carbocycles. The van der Waals surface area contributed by atoms with E-state index in [1.165, 1.54) is 0 Å². The highest BCUT2D eigenvalue weighted by Gasteiger charge is 2.03. The van der Waals surface area contributed by atoms with Gasteiger partial charge in [0.05, 0.1) is 12.5 Å². The molecule has 0 saturated carbocycles. The Hall–Kier alpha value is -1.47. The molecule has 0 spiro atoms. The molecule has 0 aliphatic heterocycles. The fourth-order valence-corrected chi connectivity index (χ4v) is 1.48. The molecule has 1 amide bonds. The van der Waals surface area contributed by atoms with E-state index in [-0.39, 0.29) is 5.91 Å². The van der Waals surface area contributed by atoms with Gasteiger partial charge in [0.25, 0.3) is 5.91 Å². The summed E-state index contributed by atoms with van der Waals surface area (Å²) in [7, 11) is 0. The lowest BCUT2D eigenvalue weighted by atomic mass is 10.2. The average Bonchev–Trinajstić information content (AvgIpc) is 2.29. The second kappa shape index (κ2) is 6.10. The fourth-order valence-electron chi connectivity index (χ4n) is 1.08. The highest BCUT2D eigenvalue weighted by Crippen LogP contribution is 2.14. The van der Waals surface area contributed by atoms with Crippen molar-refractivity contribution in [3.8, 4) is 6.07 Å². The first-order valence-corrected chi connectivity index (χ1v) is 5.79. The van der Waals surface area contributed by atoms with Crippen molar-refractivity contribution in [2.75, 3.05) is 12.8 Å². The number of hydrogen-bond acceptors (Lipinski definition) is 3. The van der Waals surface area contributed by atoms with Crippen molar-refractivity contribution in [1.82, 2.24) is 5.32 Å². The second-order valence-electron chi connectivity index (χ2n) is 2.89. The number of nitriles is 1. The van der Waals surface area contributed by atoms with Crippen molar-refractivity contribution in [3.63, 3.8) is 0 Å². The molecule has 0 saturated heterocycles. The smallest absolute Gasteiger partial charge is 0.251 e. The van der Waals surface area contributed by atoms with Crippen molar-refractivity contribution in [3.05, 3.63) is 29.8 Å². The van der Waals surface area contributed by atoms with E-state index >= 15 is 0 Å². The Morgan fingerprint density at radius 3 is 2.67 bits per heavy atom. The van der Waals surface area contributed by atoms with Gasteiger partial charge in [0.1, 0.15) is 0 Å². The summed E-state index contributed by atoms with van der Waals surface area (Å²) in [6, 6.07) is 9.36. The van der Waals surface area contributed by atoms with Gasteiger partial charge in [-0.05, 0) is 30.5 Å². The lowest BCUT2D eigenvalue weighted by molar-refractivity contribution is 0.0954. The van der Waals surface area contributed by atoms with E-state index in [0.717, 1.165) is 4.90 Å². The molecule has 4 heteroatoms. The molecule has 0 heterocycles. The number of benzene rings is 1. The highest BCUT2D eigenvalue weighted by atomic mass is 32.2. The highest BCUT2D eigenvalue weighted by molar-refractivity contribution is 7.98. The predicted molar refractivity (Wildman–Crippen MR) is 60.8 cm³/mol. The number of hydrogen-bond donors (Lipinski definition) is 1. The average molecular weight is 220 g/mol. The molecular weight excluding hydrogens is 208 g/mol. The van der Waals surface area contributed by atoms with Crippen LogP contribution in [0.25, 0.3) is 0 Å². The first kappa shape index (κ1) is 11.6. The first-order valence-electron chi connectivity index (χ1n) is 4.57. The van der Waals surface area contributed by atoms with Crippen LogP contribution in [0.15, 0.2) is 29.2 Å². The van der Waals surface area contributed by atoms with Gasteiger partial charge in [-0.15, -0.1) is 11.8 Å². The van der Waals surface area contributed by atoms with Crippen molar-refractivity contribution in [2.24, 2.45) is 0 Å². The van der Waals surface area contributed by atoms with Crippen LogP contribution in [0.1, 0.15) is 16.8 Å². The van der Waals surface area contributed by atoms with Gasteiger partial charge in [-0.3, -0.25) is 4.79 Å². The number of carbonyl (C=O) groups excluding carboxylic acids is 1.